The second kappa shape index (κ2) is 5.24. The predicted molar refractivity (Wildman–Crippen MR) is 71.0 cm³/mol. The molecule has 0 aliphatic heterocycles. The summed E-state index contributed by atoms with van der Waals surface area (Å²) in [6.45, 7) is 5.38. The molecule has 0 bridgehead atoms. The molecule has 0 saturated carbocycles. The highest BCUT2D eigenvalue weighted by molar-refractivity contribution is 7.13. The molecule has 2 heterocycles. The summed E-state index contributed by atoms with van der Waals surface area (Å²) in [5.74, 6) is -0.602. The van der Waals surface area contributed by atoms with Crippen molar-refractivity contribution in [3.05, 3.63) is 39.4 Å². The third-order valence-corrected chi connectivity index (χ3v) is 3.46. The number of aromatic nitrogens is 3. The number of carbonyl (C=O) groups is 1. The van der Waals surface area contributed by atoms with E-state index in [4.69, 9.17) is 0 Å². The van der Waals surface area contributed by atoms with Crippen LogP contribution in [0.25, 0.3) is 0 Å². The van der Waals surface area contributed by atoms with E-state index in [1.165, 1.54) is 17.5 Å². The summed E-state index contributed by atoms with van der Waals surface area (Å²) in [6.07, 6.45) is 1.51. The smallest absolute Gasteiger partial charge is 0.197 e. The van der Waals surface area contributed by atoms with Crippen LogP contribution in [0.3, 0.4) is 0 Å². The number of hydrogen-bond acceptors (Lipinski definition) is 6. The van der Waals surface area contributed by atoms with E-state index in [1.807, 2.05) is 19.9 Å². The van der Waals surface area contributed by atoms with Gasteiger partial charge in [0.15, 0.2) is 11.7 Å². The van der Waals surface area contributed by atoms with Gasteiger partial charge in [0.2, 0.25) is 0 Å². The zero-order valence-electron chi connectivity index (χ0n) is 10.8. The Kier molecular flexibility index (Phi) is 3.67. The number of nitriles is 1. The molecule has 0 aromatic carbocycles. The van der Waals surface area contributed by atoms with Crippen molar-refractivity contribution < 1.29 is 4.79 Å². The predicted octanol–water partition coefficient (Wildman–Crippen LogP) is 2.35. The molecule has 0 spiro atoms. The number of thiazole rings is 1. The lowest BCUT2D eigenvalue weighted by Gasteiger charge is -2.07. The number of Topliss-reactive ketones (excluding diaryl/α,β-unsaturated/α-hetero) is 1. The van der Waals surface area contributed by atoms with E-state index in [0.717, 1.165) is 10.7 Å². The van der Waals surface area contributed by atoms with Crippen LogP contribution in [-0.2, 0) is 0 Å². The van der Waals surface area contributed by atoms with Crippen molar-refractivity contribution in [2.75, 3.05) is 0 Å². The normalized spacial score (nSPS) is 11.9. The van der Waals surface area contributed by atoms with Crippen LogP contribution < -0.4 is 0 Å². The lowest BCUT2D eigenvalue weighted by atomic mass is 10.00. The Balaban J connectivity index is 2.40. The number of nitrogens with zero attached hydrogens (tertiary/aromatic N) is 4. The van der Waals surface area contributed by atoms with Crippen LogP contribution in [0.4, 0.5) is 0 Å². The zero-order valence-corrected chi connectivity index (χ0v) is 11.7. The van der Waals surface area contributed by atoms with E-state index in [0.29, 0.717) is 16.4 Å². The minimum atomic E-state index is -0.903. The fraction of sp³-hybridized carbons (Fsp3) is 0.308. The molecule has 0 aliphatic carbocycles. The van der Waals surface area contributed by atoms with Gasteiger partial charge < -0.3 is 0 Å². The van der Waals surface area contributed by atoms with Gasteiger partial charge in [0.05, 0.1) is 21.6 Å². The number of hydrogen-bond donors (Lipinski definition) is 0. The van der Waals surface area contributed by atoms with Crippen molar-refractivity contribution >= 4 is 17.1 Å². The number of ketones is 1. The topological polar surface area (TPSA) is 79.5 Å². The van der Waals surface area contributed by atoms with Gasteiger partial charge in [-0.15, -0.1) is 11.3 Å². The SMILES string of the molecule is Cc1cc([C@@H](C#N)C(=O)c2cnc(C)s2)nc(C)n1. The molecule has 5 nitrogen and oxygen atoms in total. The van der Waals surface area contributed by atoms with Crippen molar-refractivity contribution in [2.45, 2.75) is 26.7 Å². The maximum atomic E-state index is 12.3. The quantitative estimate of drug-likeness (QED) is 0.801. The monoisotopic (exact) mass is 272 g/mol. The highest BCUT2D eigenvalue weighted by atomic mass is 32.1. The Labute approximate surface area is 115 Å². The summed E-state index contributed by atoms with van der Waals surface area (Å²) in [4.78, 5) is 25.2. The molecule has 96 valence electrons. The van der Waals surface area contributed by atoms with Crippen LogP contribution in [0.5, 0.6) is 0 Å². The van der Waals surface area contributed by atoms with Gasteiger partial charge in [0, 0.05) is 11.9 Å². The molecule has 2 aromatic rings. The Morgan fingerprint density at radius 2 is 2.11 bits per heavy atom. The maximum Gasteiger partial charge on any atom is 0.197 e. The second-order valence-corrected chi connectivity index (χ2v) is 5.39. The Bertz CT molecular complexity index is 651. The van der Waals surface area contributed by atoms with Gasteiger partial charge >= 0.3 is 0 Å². The van der Waals surface area contributed by atoms with E-state index in [-0.39, 0.29) is 5.78 Å². The number of rotatable bonds is 3. The third-order valence-electron chi connectivity index (χ3n) is 2.54. The molecular weight excluding hydrogens is 260 g/mol. The zero-order chi connectivity index (χ0) is 14.0. The summed E-state index contributed by atoms with van der Waals surface area (Å²) >= 11 is 1.29. The third kappa shape index (κ3) is 2.83. The van der Waals surface area contributed by atoms with Gasteiger partial charge in [0.25, 0.3) is 0 Å². The first-order valence-electron chi connectivity index (χ1n) is 5.69. The maximum absolute atomic E-state index is 12.3. The molecule has 0 radical (unpaired) electrons. The average Bonchev–Trinajstić information content (AvgIpc) is 2.75. The largest absolute Gasteiger partial charge is 0.291 e. The van der Waals surface area contributed by atoms with E-state index < -0.39 is 5.92 Å². The minimum Gasteiger partial charge on any atom is -0.291 e. The molecule has 0 unspecified atom stereocenters. The van der Waals surface area contributed by atoms with Gasteiger partial charge in [-0.05, 0) is 26.8 Å². The summed E-state index contributed by atoms with van der Waals surface area (Å²) in [5.41, 5.74) is 1.19. The average molecular weight is 272 g/mol. The first-order valence-corrected chi connectivity index (χ1v) is 6.51. The fourth-order valence-electron chi connectivity index (χ4n) is 1.77. The highest BCUT2D eigenvalue weighted by Crippen LogP contribution is 2.23. The van der Waals surface area contributed by atoms with Crippen LogP contribution in [-0.4, -0.2) is 20.7 Å². The lowest BCUT2D eigenvalue weighted by molar-refractivity contribution is 0.0981. The highest BCUT2D eigenvalue weighted by Gasteiger charge is 2.25. The minimum absolute atomic E-state index is 0.259. The van der Waals surface area contributed by atoms with Crippen LogP contribution in [0, 0.1) is 32.1 Å². The van der Waals surface area contributed by atoms with Crippen LogP contribution in [0.15, 0.2) is 12.3 Å². The number of aryl methyl sites for hydroxylation is 3. The number of carbonyl (C=O) groups excluding carboxylic acids is 1. The van der Waals surface area contributed by atoms with Crippen molar-refractivity contribution in [3.63, 3.8) is 0 Å². The van der Waals surface area contributed by atoms with Crippen LogP contribution in [0.2, 0.25) is 0 Å². The molecule has 1 atom stereocenters. The van der Waals surface area contributed by atoms with Crippen LogP contribution >= 0.6 is 11.3 Å². The summed E-state index contributed by atoms with van der Waals surface area (Å²) in [6, 6.07) is 3.69. The molecule has 0 aliphatic rings. The first-order chi connectivity index (χ1) is 9.01. The Hall–Kier alpha value is -2.13. The van der Waals surface area contributed by atoms with Crippen molar-refractivity contribution in [1.82, 2.24) is 15.0 Å². The van der Waals surface area contributed by atoms with E-state index >= 15 is 0 Å². The molecule has 6 heteroatoms. The molecule has 0 saturated heterocycles. The van der Waals surface area contributed by atoms with E-state index in [1.54, 1.807) is 13.0 Å². The standard InChI is InChI=1S/C13H12N4OS/c1-7-4-11(17-8(2)16-7)10(5-14)13(18)12-6-15-9(3)19-12/h4,6,10H,1-3H3/t10-/m1/s1. The van der Waals surface area contributed by atoms with E-state index in [2.05, 4.69) is 15.0 Å². The van der Waals surface area contributed by atoms with Gasteiger partial charge in [-0.2, -0.15) is 5.26 Å². The van der Waals surface area contributed by atoms with Crippen LogP contribution in [0.1, 0.15) is 37.8 Å². The second-order valence-electron chi connectivity index (χ2n) is 4.15. The Morgan fingerprint density at radius 3 is 2.63 bits per heavy atom. The van der Waals surface area contributed by atoms with E-state index in [9.17, 15) is 10.1 Å². The molecule has 19 heavy (non-hydrogen) atoms. The van der Waals surface area contributed by atoms with Crippen molar-refractivity contribution in [1.29, 1.82) is 5.26 Å². The Morgan fingerprint density at radius 1 is 1.37 bits per heavy atom. The van der Waals surface area contributed by atoms with Gasteiger partial charge in [-0.1, -0.05) is 0 Å². The molecule has 0 N–H and O–H groups in total. The summed E-state index contributed by atoms with van der Waals surface area (Å²) in [7, 11) is 0. The van der Waals surface area contributed by atoms with Gasteiger partial charge in [-0.25, -0.2) is 15.0 Å². The first kappa shape index (κ1) is 13.3. The van der Waals surface area contributed by atoms with Crippen molar-refractivity contribution in [3.8, 4) is 6.07 Å². The molecule has 2 rings (SSSR count). The lowest BCUT2D eigenvalue weighted by Crippen LogP contribution is -2.13. The van der Waals surface area contributed by atoms with Crippen molar-refractivity contribution in [2.24, 2.45) is 0 Å². The van der Waals surface area contributed by atoms with Gasteiger partial charge in [-0.3, -0.25) is 4.79 Å². The van der Waals surface area contributed by atoms with Gasteiger partial charge in [0.1, 0.15) is 5.82 Å². The molecule has 2 aromatic heterocycles. The summed E-state index contributed by atoms with van der Waals surface area (Å²) in [5, 5.41) is 10.1. The molecule has 0 amide bonds. The fourth-order valence-corrected chi connectivity index (χ4v) is 2.52. The molecule has 0 fully saturated rings. The molecular formula is C13H12N4OS. The summed E-state index contributed by atoms with van der Waals surface area (Å²) < 4.78 is 0.